The molecule has 1 N–H and O–H groups in total. The lowest BCUT2D eigenvalue weighted by molar-refractivity contribution is 0.715. The first kappa shape index (κ1) is 12.4. The van der Waals surface area contributed by atoms with E-state index in [-0.39, 0.29) is 0 Å². The Morgan fingerprint density at radius 1 is 1.35 bits per heavy atom. The van der Waals surface area contributed by atoms with Crippen molar-refractivity contribution in [2.45, 2.75) is 39.0 Å². The Morgan fingerprint density at radius 3 is 2.82 bits per heavy atom. The lowest BCUT2D eigenvalue weighted by atomic mass is 10.0. The van der Waals surface area contributed by atoms with Crippen molar-refractivity contribution in [1.82, 2.24) is 5.32 Å². The summed E-state index contributed by atoms with van der Waals surface area (Å²) >= 11 is 0. The van der Waals surface area contributed by atoms with Gasteiger partial charge in [0.1, 0.15) is 0 Å². The van der Waals surface area contributed by atoms with E-state index in [1.54, 1.807) is 5.56 Å². The Labute approximate surface area is 105 Å². The predicted molar refractivity (Wildman–Crippen MR) is 75.2 cm³/mol. The molecule has 0 spiro atoms. The predicted octanol–water partition coefficient (Wildman–Crippen LogP) is 3.97. The van der Waals surface area contributed by atoms with Gasteiger partial charge in [0.15, 0.2) is 0 Å². The molecule has 1 fully saturated rings. The number of nitrogens with one attached hydrogen (secondary N) is 1. The molecule has 0 heterocycles. The summed E-state index contributed by atoms with van der Waals surface area (Å²) < 4.78 is 0. The van der Waals surface area contributed by atoms with E-state index in [0.29, 0.717) is 0 Å². The largest absolute Gasteiger partial charge is 0.313 e. The van der Waals surface area contributed by atoms with Gasteiger partial charge in [-0.25, -0.2) is 0 Å². The molecule has 2 rings (SSSR count). The van der Waals surface area contributed by atoms with Crippen LogP contribution in [0.1, 0.15) is 50.2 Å². The minimum atomic E-state index is 0.832. The van der Waals surface area contributed by atoms with Gasteiger partial charge in [-0.15, -0.1) is 0 Å². The number of hydrogen-bond donors (Lipinski definition) is 1. The first-order valence-corrected chi connectivity index (χ1v) is 6.78. The van der Waals surface area contributed by atoms with E-state index in [2.05, 4.69) is 49.5 Å². The summed E-state index contributed by atoms with van der Waals surface area (Å²) in [7, 11) is 0. The topological polar surface area (TPSA) is 12.0 Å². The van der Waals surface area contributed by atoms with Gasteiger partial charge in [-0.05, 0) is 49.8 Å². The zero-order chi connectivity index (χ0) is 12.1. The van der Waals surface area contributed by atoms with Crippen LogP contribution in [0.25, 0.3) is 6.08 Å². The van der Waals surface area contributed by atoms with E-state index >= 15 is 0 Å². The Kier molecular flexibility index (Phi) is 4.38. The number of hydrogen-bond acceptors (Lipinski definition) is 1. The van der Waals surface area contributed by atoms with Crippen LogP contribution in [0.4, 0.5) is 0 Å². The molecule has 1 heteroatoms. The Hall–Kier alpha value is -1.08. The third-order valence-electron chi connectivity index (χ3n) is 3.25. The van der Waals surface area contributed by atoms with Gasteiger partial charge in [-0.1, -0.05) is 42.8 Å². The minimum absolute atomic E-state index is 0.832. The molecule has 0 unspecified atom stereocenters. The molecule has 1 aromatic carbocycles. The van der Waals surface area contributed by atoms with Crippen molar-refractivity contribution in [3.05, 3.63) is 41.0 Å². The van der Waals surface area contributed by atoms with Crippen LogP contribution in [-0.2, 0) is 0 Å². The first-order chi connectivity index (χ1) is 8.31. The SMILES string of the molecule is CCCNCC(C)=Cc1ccccc1C1CC1. The van der Waals surface area contributed by atoms with Crippen molar-refractivity contribution in [2.75, 3.05) is 13.1 Å². The van der Waals surface area contributed by atoms with Crippen molar-refractivity contribution >= 4 is 6.08 Å². The maximum absolute atomic E-state index is 3.45. The highest BCUT2D eigenvalue weighted by Crippen LogP contribution is 2.41. The van der Waals surface area contributed by atoms with Crippen LogP contribution in [0, 0.1) is 0 Å². The molecule has 1 saturated carbocycles. The van der Waals surface area contributed by atoms with Gasteiger partial charge in [-0.3, -0.25) is 0 Å². The molecule has 0 aromatic heterocycles. The van der Waals surface area contributed by atoms with E-state index in [0.717, 1.165) is 19.0 Å². The van der Waals surface area contributed by atoms with E-state index < -0.39 is 0 Å². The van der Waals surface area contributed by atoms with Crippen LogP contribution < -0.4 is 5.32 Å². The molecule has 92 valence electrons. The van der Waals surface area contributed by atoms with Gasteiger partial charge >= 0.3 is 0 Å². The number of benzene rings is 1. The number of rotatable bonds is 6. The third kappa shape index (κ3) is 3.71. The van der Waals surface area contributed by atoms with E-state index in [9.17, 15) is 0 Å². The molecule has 0 atom stereocenters. The summed E-state index contributed by atoms with van der Waals surface area (Å²) in [6.07, 6.45) is 6.29. The fourth-order valence-electron chi connectivity index (χ4n) is 2.19. The molecule has 0 aliphatic heterocycles. The molecule has 1 nitrogen and oxygen atoms in total. The highest BCUT2D eigenvalue weighted by atomic mass is 14.8. The summed E-state index contributed by atoms with van der Waals surface area (Å²) in [5.74, 6) is 0.832. The van der Waals surface area contributed by atoms with Crippen LogP contribution in [0.5, 0.6) is 0 Å². The average molecular weight is 229 g/mol. The summed E-state index contributed by atoms with van der Waals surface area (Å²) in [5.41, 5.74) is 4.39. The molecule has 1 aliphatic carbocycles. The van der Waals surface area contributed by atoms with E-state index in [1.807, 2.05) is 0 Å². The Bertz CT molecular complexity index is 388. The van der Waals surface area contributed by atoms with Crippen molar-refractivity contribution in [1.29, 1.82) is 0 Å². The van der Waals surface area contributed by atoms with Gasteiger partial charge in [0, 0.05) is 6.54 Å². The van der Waals surface area contributed by atoms with Gasteiger partial charge in [0.2, 0.25) is 0 Å². The van der Waals surface area contributed by atoms with Crippen LogP contribution in [0.15, 0.2) is 29.8 Å². The normalized spacial score (nSPS) is 16.2. The van der Waals surface area contributed by atoms with Gasteiger partial charge < -0.3 is 5.32 Å². The van der Waals surface area contributed by atoms with Crippen LogP contribution in [-0.4, -0.2) is 13.1 Å². The van der Waals surface area contributed by atoms with Crippen LogP contribution in [0.3, 0.4) is 0 Å². The monoisotopic (exact) mass is 229 g/mol. The molecular formula is C16H23N. The van der Waals surface area contributed by atoms with Gasteiger partial charge in [-0.2, -0.15) is 0 Å². The quantitative estimate of drug-likeness (QED) is 0.728. The zero-order valence-electron chi connectivity index (χ0n) is 11.0. The smallest absolute Gasteiger partial charge is 0.0165 e. The fourth-order valence-corrected chi connectivity index (χ4v) is 2.19. The fraction of sp³-hybridized carbons (Fsp3) is 0.500. The molecule has 17 heavy (non-hydrogen) atoms. The van der Waals surface area contributed by atoms with Gasteiger partial charge in [0.05, 0.1) is 0 Å². The van der Waals surface area contributed by atoms with Crippen molar-refractivity contribution in [3.8, 4) is 0 Å². The maximum Gasteiger partial charge on any atom is 0.0165 e. The third-order valence-corrected chi connectivity index (χ3v) is 3.25. The van der Waals surface area contributed by atoms with Crippen molar-refractivity contribution in [2.24, 2.45) is 0 Å². The van der Waals surface area contributed by atoms with E-state index in [4.69, 9.17) is 0 Å². The lowest BCUT2D eigenvalue weighted by Crippen LogP contribution is -2.16. The molecule has 0 bridgehead atoms. The lowest BCUT2D eigenvalue weighted by Gasteiger charge is -2.07. The summed E-state index contributed by atoms with van der Waals surface area (Å²) in [5, 5.41) is 3.45. The minimum Gasteiger partial charge on any atom is -0.313 e. The standard InChI is InChI=1S/C16H23N/c1-3-10-17-12-13(2)11-15-6-4-5-7-16(15)14-8-9-14/h4-7,11,14,17H,3,8-10,12H2,1-2H3. The van der Waals surface area contributed by atoms with Crippen LogP contribution >= 0.6 is 0 Å². The molecule has 0 radical (unpaired) electrons. The molecule has 0 amide bonds. The second-order valence-corrected chi connectivity index (χ2v) is 5.07. The van der Waals surface area contributed by atoms with Crippen molar-refractivity contribution < 1.29 is 0 Å². The van der Waals surface area contributed by atoms with Crippen molar-refractivity contribution in [3.63, 3.8) is 0 Å². The van der Waals surface area contributed by atoms with E-state index in [1.165, 1.54) is 30.4 Å². The first-order valence-electron chi connectivity index (χ1n) is 6.78. The molecular weight excluding hydrogens is 206 g/mol. The summed E-state index contributed by atoms with van der Waals surface area (Å²) in [6, 6.07) is 8.84. The van der Waals surface area contributed by atoms with Gasteiger partial charge in [0.25, 0.3) is 0 Å². The zero-order valence-corrected chi connectivity index (χ0v) is 11.0. The Balaban J connectivity index is 2.03. The van der Waals surface area contributed by atoms with Crippen LogP contribution in [0.2, 0.25) is 0 Å². The Morgan fingerprint density at radius 2 is 2.12 bits per heavy atom. The second kappa shape index (κ2) is 6.02. The highest BCUT2D eigenvalue weighted by molar-refractivity contribution is 5.58. The highest BCUT2D eigenvalue weighted by Gasteiger charge is 2.24. The second-order valence-electron chi connectivity index (χ2n) is 5.07. The molecule has 0 saturated heterocycles. The molecule has 1 aromatic rings. The summed E-state index contributed by atoms with van der Waals surface area (Å²) in [4.78, 5) is 0. The summed E-state index contributed by atoms with van der Waals surface area (Å²) in [6.45, 7) is 6.53. The average Bonchev–Trinajstić information content (AvgIpc) is 3.14. The maximum atomic E-state index is 3.45. The molecule has 1 aliphatic rings.